The minimum absolute atomic E-state index is 0.813. The van der Waals surface area contributed by atoms with Crippen molar-refractivity contribution < 1.29 is 0 Å². The smallest absolute Gasteiger partial charge is 0.221 e. The van der Waals surface area contributed by atoms with Gasteiger partial charge in [-0.1, -0.05) is 91.0 Å². The predicted octanol–water partition coefficient (Wildman–Crippen LogP) is 12.7. The summed E-state index contributed by atoms with van der Waals surface area (Å²) in [4.78, 5) is 20.9. The van der Waals surface area contributed by atoms with Gasteiger partial charge in [-0.05, 0) is 103 Å². The maximum Gasteiger partial charge on any atom is 0.221 e. The van der Waals surface area contributed by atoms with Gasteiger partial charge in [0.15, 0.2) is 5.65 Å². The van der Waals surface area contributed by atoms with Crippen molar-refractivity contribution >= 4 is 93.9 Å². The Bertz CT molecular complexity index is 4460. The molecule has 0 bridgehead atoms. The van der Waals surface area contributed by atoms with Crippen molar-refractivity contribution in [1.82, 2.24) is 47.2 Å². The van der Waals surface area contributed by atoms with Gasteiger partial charge in [0.25, 0.3) is 0 Å². The second-order valence-corrected chi connectivity index (χ2v) is 16.8. The summed E-state index contributed by atoms with van der Waals surface area (Å²) >= 11 is 0. The first kappa shape index (κ1) is 35.2. The van der Waals surface area contributed by atoms with Gasteiger partial charge in [-0.2, -0.15) is 0 Å². The summed E-state index contributed by atoms with van der Waals surface area (Å²) < 4.78 is 13.8. The molecule has 6 aromatic carbocycles. The molecule has 9 heterocycles. The maximum atomic E-state index is 5.77. The van der Waals surface area contributed by atoms with Gasteiger partial charge in [-0.25, -0.2) is 15.0 Å². The second kappa shape index (κ2) is 13.1. The predicted molar refractivity (Wildman–Crippen MR) is 265 cm³/mol. The van der Waals surface area contributed by atoms with Gasteiger partial charge in [0.2, 0.25) is 5.78 Å². The highest BCUT2D eigenvalue weighted by Gasteiger charge is 2.27. The first-order valence-electron chi connectivity index (χ1n) is 22.1. The number of benzene rings is 6. The van der Waals surface area contributed by atoms with E-state index >= 15 is 0 Å². The fourth-order valence-corrected chi connectivity index (χ4v) is 10.7. The Kier molecular flexibility index (Phi) is 7.01. The van der Waals surface area contributed by atoms with Crippen LogP contribution < -0.4 is 0 Å². The van der Waals surface area contributed by atoms with Crippen LogP contribution in [0.5, 0.6) is 0 Å². The number of rotatable bonds is 5. The van der Waals surface area contributed by atoms with E-state index in [2.05, 4.69) is 203 Å². The lowest BCUT2D eigenvalue weighted by Crippen LogP contribution is -2.04. The molecule has 9 aromatic heterocycles. The summed E-state index contributed by atoms with van der Waals surface area (Å²) in [5, 5.41) is 4.41. The molecule has 0 aliphatic rings. The lowest BCUT2D eigenvalue weighted by Gasteiger charge is -2.15. The fraction of sp³-hybridized carbons (Fsp3) is 0. The highest BCUT2D eigenvalue weighted by Crippen LogP contribution is 2.43. The minimum Gasteiger partial charge on any atom is -0.295 e. The molecular formula is C56H34N10. The number of hydrogen-bond donors (Lipinski definition) is 0. The van der Waals surface area contributed by atoms with Crippen LogP contribution in [0.1, 0.15) is 0 Å². The molecule has 10 nitrogen and oxygen atoms in total. The summed E-state index contributed by atoms with van der Waals surface area (Å²) in [6.45, 7) is 0. The Morgan fingerprint density at radius 1 is 0.333 bits per heavy atom. The molecule has 0 amide bonds. The number of nitrogens with zero attached hydrogens (tertiary/aromatic N) is 10. The van der Waals surface area contributed by atoms with E-state index in [1.165, 1.54) is 0 Å². The quantitative estimate of drug-likeness (QED) is 0.173. The minimum atomic E-state index is 0.813. The number of para-hydroxylation sites is 6. The van der Waals surface area contributed by atoms with E-state index in [1.807, 2.05) is 30.6 Å². The molecule has 0 aliphatic carbocycles. The van der Waals surface area contributed by atoms with Crippen molar-refractivity contribution in [1.29, 1.82) is 0 Å². The number of imidazole rings is 2. The van der Waals surface area contributed by atoms with E-state index < -0.39 is 0 Å². The molecule has 0 N–H and O–H groups in total. The van der Waals surface area contributed by atoms with E-state index in [0.717, 1.165) is 122 Å². The molecule has 0 atom stereocenters. The first-order chi connectivity index (χ1) is 32.8. The normalized spacial score (nSPS) is 12.2. The molecule has 0 radical (unpaired) electrons. The van der Waals surface area contributed by atoms with E-state index in [1.54, 1.807) is 0 Å². The summed E-state index contributed by atoms with van der Waals surface area (Å²) in [5.74, 6) is 1.64. The van der Waals surface area contributed by atoms with Crippen LogP contribution in [0, 0.1) is 0 Å². The molecule has 0 aliphatic heterocycles. The van der Waals surface area contributed by atoms with Gasteiger partial charge in [-0.3, -0.25) is 32.2 Å². The van der Waals surface area contributed by atoms with Crippen LogP contribution in [0.15, 0.2) is 207 Å². The Hall–Kier alpha value is -9.28. The Balaban J connectivity index is 1.04. The van der Waals surface area contributed by atoms with Crippen LogP contribution in [-0.2, 0) is 0 Å². The van der Waals surface area contributed by atoms with Gasteiger partial charge in [0.05, 0.1) is 60.6 Å². The molecule has 308 valence electrons. The van der Waals surface area contributed by atoms with Crippen molar-refractivity contribution in [2.24, 2.45) is 0 Å². The fourth-order valence-electron chi connectivity index (χ4n) is 10.7. The van der Waals surface area contributed by atoms with Crippen LogP contribution in [0.4, 0.5) is 0 Å². The standard InChI is InChI=1S/C56H34N10/c1-3-16-35(17-4-1)61-45-28-14-32-57-51(45)49-40-23-8-11-26-43(40)66(55(49)61)48-31-30-46-52(60-48)50-39-22-7-10-25-42(39)63(54(50)62(46)36-18-5-2-6-19-36)37-20-13-21-38(34-37)64-53-47(29-15-33-58-53)65-44-27-12-9-24-41(44)59-56(64)65/h1-34H. The molecule has 0 spiro atoms. The van der Waals surface area contributed by atoms with E-state index in [9.17, 15) is 0 Å². The van der Waals surface area contributed by atoms with Gasteiger partial charge >= 0.3 is 0 Å². The molecule has 15 aromatic rings. The molecule has 66 heavy (non-hydrogen) atoms. The topological polar surface area (TPSA) is 80.6 Å². The SMILES string of the molecule is c1ccc(-n2c3ccc(-n4c5ccccc5c5c6ncccc6n(-c6ccccc6)c54)nc3c3c4ccccc4n(-c4cccc(-n5c6ncccc6n6c7ccccc7nc56)c4)c32)cc1. The molecular weight excluding hydrogens is 813 g/mol. The van der Waals surface area contributed by atoms with Crippen molar-refractivity contribution in [3.63, 3.8) is 0 Å². The zero-order valence-electron chi connectivity index (χ0n) is 35.1. The number of fused-ring (bicyclic) bond motifs is 15. The molecule has 15 rings (SSSR count). The first-order valence-corrected chi connectivity index (χ1v) is 22.1. The zero-order chi connectivity index (χ0) is 43.0. The molecule has 0 fully saturated rings. The zero-order valence-corrected chi connectivity index (χ0v) is 35.1. The third-order valence-corrected chi connectivity index (χ3v) is 13.3. The maximum absolute atomic E-state index is 5.77. The monoisotopic (exact) mass is 846 g/mol. The summed E-state index contributed by atoms with van der Waals surface area (Å²) in [6.07, 6.45) is 3.74. The number of aromatic nitrogens is 10. The van der Waals surface area contributed by atoms with Gasteiger partial charge in [0.1, 0.15) is 22.6 Å². The van der Waals surface area contributed by atoms with E-state index in [-0.39, 0.29) is 0 Å². The second-order valence-electron chi connectivity index (χ2n) is 16.8. The highest BCUT2D eigenvalue weighted by atomic mass is 15.2. The third-order valence-electron chi connectivity index (χ3n) is 13.3. The number of hydrogen-bond acceptors (Lipinski definition) is 4. The lowest BCUT2D eigenvalue weighted by atomic mass is 10.2. The van der Waals surface area contributed by atoms with Gasteiger partial charge in [-0.15, -0.1) is 0 Å². The largest absolute Gasteiger partial charge is 0.295 e. The van der Waals surface area contributed by atoms with Crippen LogP contribution in [0.2, 0.25) is 0 Å². The van der Waals surface area contributed by atoms with Crippen molar-refractivity contribution in [2.45, 2.75) is 0 Å². The van der Waals surface area contributed by atoms with Crippen LogP contribution in [0.3, 0.4) is 0 Å². The summed E-state index contributed by atoms with van der Waals surface area (Å²) in [7, 11) is 0. The molecule has 0 unspecified atom stereocenters. The van der Waals surface area contributed by atoms with Crippen molar-refractivity contribution in [3.05, 3.63) is 207 Å². The van der Waals surface area contributed by atoms with Gasteiger partial charge in [0, 0.05) is 40.2 Å². The molecule has 0 saturated heterocycles. The van der Waals surface area contributed by atoms with Gasteiger partial charge < -0.3 is 0 Å². The van der Waals surface area contributed by atoms with Crippen molar-refractivity contribution in [3.8, 4) is 28.6 Å². The van der Waals surface area contributed by atoms with Crippen LogP contribution >= 0.6 is 0 Å². The molecule has 0 saturated carbocycles. The van der Waals surface area contributed by atoms with E-state index in [0.29, 0.717) is 0 Å². The third kappa shape index (κ3) is 4.63. The average molecular weight is 847 g/mol. The van der Waals surface area contributed by atoms with Crippen LogP contribution in [0.25, 0.3) is 122 Å². The highest BCUT2D eigenvalue weighted by molar-refractivity contribution is 6.23. The van der Waals surface area contributed by atoms with E-state index in [4.69, 9.17) is 19.9 Å². The summed E-state index contributed by atoms with van der Waals surface area (Å²) in [5.41, 5.74) is 16.0. The average Bonchev–Trinajstić information content (AvgIpc) is 4.21. The van der Waals surface area contributed by atoms with Crippen LogP contribution in [-0.4, -0.2) is 47.2 Å². The Morgan fingerprint density at radius 3 is 1.61 bits per heavy atom. The number of pyridine rings is 3. The van der Waals surface area contributed by atoms with Crippen molar-refractivity contribution in [2.75, 3.05) is 0 Å². The lowest BCUT2D eigenvalue weighted by molar-refractivity contribution is 1.03. The Morgan fingerprint density at radius 2 is 0.864 bits per heavy atom. The Labute approximate surface area is 374 Å². The molecule has 10 heteroatoms. The summed E-state index contributed by atoms with van der Waals surface area (Å²) in [6, 6.07) is 68.2.